The van der Waals surface area contributed by atoms with Crippen LogP contribution in [0.5, 0.6) is 0 Å². The number of carbonyl (C=O) groups excluding carboxylic acids is 2. The van der Waals surface area contributed by atoms with E-state index in [2.05, 4.69) is 15.3 Å². The summed E-state index contributed by atoms with van der Waals surface area (Å²) in [5, 5.41) is 5.29. The molecule has 6 nitrogen and oxygen atoms in total. The van der Waals surface area contributed by atoms with E-state index in [1.165, 1.54) is 11.3 Å². The fourth-order valence-electron chi connectivity index (χ4n) is 2.03. The molecule has 3 heterocycles. The minimum atomic E-state index is -0.552. The molecule has 8 heteroatoms. The fraction of sp³-hybridized carbons (Fsp3) is 0.176. The predicted octanol–water partition coefficient (Wildman–Crippen LogP) is 3.05. The summed E-state index contributed by atoms with van der Waals surface area (Å²) in [5.74, 6) is -0.891. The quantitative estimate of drug-likeness (QED) is 0.672. The number of aryl methyl sites for hydroxylation is 1. The number of hydrogen-bond acceptors (Lipinski definition) is 7. The van der Waals surface area contributed by atoms with Gasteiger partial charge in [-0.25, -0.2) is 9.78 Å². The molecule has 0 fully saturated rings. The summed E-state index contributed by atoms with van der Waals surface area (Å²) in [6, 6.07) is 9.34. The third-order valence-corrected chi connectivity index (χ3v) is 5.28. The van der Waals surface area contributed by atoms with Gasteiger partial charge in [0.25, 0.3) is 5.91 Å². The second-order valence-electron chi connectivity index (χ2n) is 5.08. The molecule has 0 atom stereocenters. The summed E-state index contributed by atoms with van der Waals surface area (Å²) >= 11 is 2.76. The van der Waals surface area contributed by atoms with Crippen LogP contribution in [-0.4, -0.2) is 28.5 Å². The Hall–Kier alpha value is -2.58. The van der Waals surface area contributed by atoms with Crippen molar-refractivity contribution in [2.24, 2.45) is 0 Å². The van der Waals surface area contributed by atoms with E-state index in [0.29, 0.717) is 27.8 Å². The first-order valence-corrected chi connectivity index (χ1v) is 9.18. The number of rotatable bonds is 6. The lowest BCUT2D eigenvalue weighted by Gasteiger charge is -2.05. The van der Waals surface area contributed by atoms with Crippen LogP contribution in [0.25, 0.3) is 10.7 Å². The van der Waals surface area contributed by atoms with Gasteiger partial charge < -0.3 is 10.1 Å². The van der Waals surface area contributed by atoms with Crippen molar-refractivity contribution in [2.45, 2.75) is 13.5 Å². The van der Waals surface area contributed by atoms with E-state index in [-0.39, 0.29) is 12.5 Å². The van der Waals surface area contributed by atoms with Crippen LogP contribution < -0.4 is 5.32 Å². The largest absolute Gasteiger partial charge is 0.451 e. The van der Waals surface area contributed by atoms with Crippen molar-refractivity contribution in [1.82, 2.24) is 15.3 Å². The van der Waals surface area contributed by atoms with Gasteiger partial charge in [-0.2, -0.15) is 0 Å². The smallest absolute Gasteiger partial charge is 0.350 e. The van der Waals surface area contributed by atoms with Crippen LogP contribution in [0.3, 0.4) is 0 Å². The van der Waals surface area contributed by atoms with Gasteiger partial charge in [0.15, 0.2) is 6.61 Å². The van der Waals surface area contributed by atoms with Gasteiger partial charge in [-0.05, 0) is 30.5 Å². The molecule has 0 unspecified atom stereocenters. The monoisotopic (exact) mass is 373 g/mol. The van der Waals surface area contributed by atoms with Crippen molar-refractivity contribution in [3.05, 3.63) is 57.4 Å². The standard InChI is InChI=1S/C17H15N3O3S2/c1-11-15(25-16(20-11)13-6-2-3-7-18-13)17(22)23-10-14(21)19-9-12-5-4-8-24-12/h2-8H,9-10H2,1H3,(H,19,21). The Kier molecular flexibility index (Phi) is 5.52. The highest BCUT2D eigenvalue weighted by atomic mass is 32.1. The third-order valence-electron chi connectivity index (χ3n) is 3.24. The van der Waals surface area contributed by atoms with Crippen LogP contribution in [0, 0.1) is 6.92 Å². The Balaban J connectivity index is 1.56. The molecule has 0 aliphatic heterocycles. The summed E-state index contributed by atoms with van der Waals surface area (Å²) in [6.45, 7) is 1.84. The molecule has 0 aromatic carbocycles. The second kappa shape index (κ2) is 8.00. The lowest BCUT2D eigenvalue weighted by molar-refractivity contribution is -0.124. The highest BCUT2D eigenvalue weighted by Gasteiger charge is 2.19. The number of nitrogens with zero attached hydrogens (tertiary/aromatic N) is 2. The molecule has 0 bridgehead atoms. The Bertz CT molecular complexity index is 861. The lowest BCUT2D eigenvalue weighted by atomic mass is 10.3. The van der Waals surface area contributed by atoms with Crippen molar-refractivity contribution in [2.75, 3.05) is 6.61 Å². The van der Waals surface area contributed by atoms with E-state index in [1.807, 2.05) is 35.7 Å². The molecule has 25 heavy (non-hydrogen) atoms. The van der Waals surface area contributed by atoms with Gasteiger partial charge in [0.1, 0.15) is 9.88 Å². The zero-order valence-electron chi connectivity index (χ0n) is 13.4. The number of hydrogen-bond donors (Lipinski definition) is 1. The summed E-state index contributed by atoms with van der Waals surface area (Å²) in [7, 11) is 0. The van der Waals surface area contributed by atoms with Gasteiger partial charge in [0, 0.05) is 11.1 Å². The molecule has 0 spiro atoms. The van der Waals surface area contributed by atoms with Gasteiger partial charge >= 0.3 is 5.97 Å². The molecule has 0 aliphatic carbocycles. The maximum Gasteiger partial charge on any atom is 0.350 e. The van der Waals surface area contributed by atoms with Crippen LogP contribution in [0.4, 0.5) is 0 Å². The first-order chi connectivity index (χ1) is 12.1. The Morgan fingerprint density at radius 3 is 2.84 bits per heavy atom. The fourth-order valence-corrected chi connectivity index (χ4v) is 3.61. The molecular weight excluding hydrogens is 358 g/mol. The van der Waals surface area contributed by atoms with Crippen molar-refractivity contribution >= 4 is 34.6 Å². The molecule has 3 aromatic rings. The van der Waals surface area contributed by atoms with E-state index >= 15 is 0 Å². The molecule has 3 rings (SSSR count). The lowest BCUT2D eigenvalue weighted by Crippen LogP contribution is -2.28. The molecule has 0 saturated carbocycles. The van der Waals surface area contributed by atoms with Crippen molar-refractivity contribution in [1.29, 1.82) is 0 Å². The van der Waals surface area contributed by atoms with E-state index < -0.39 is 5.97 Å². The van der Waals surface area contributed by atoms with Gasteiger partial charge in [-0.15, -0.1) is 22.7 Å². The highest BCUT2D eigenvalue weighted by molar-refractivity contribution is 7.17. The molecule has 0 radical (unpaired) electrons. The number of pyridine rings is 1. The Labute approximate surface area is 152 Å². The van der Waals surface area contributed by atoms with Crippen molar-refractivity contribution < 1.29 is 14.3 Å². The Morgan fingerprint density at radius 2 is 2.12 bits per heavy atom. The number of carbonyl (C=O) groups is 2. The first-order valence-electron chi connectivity index (χ1n) is 7.48. The number of thiazole rings is 1. The molecule has 0 aliphatic rings. The number of amides is 1. The van der Waals surface area contributed by atoms with Gasteiger partial charge in [-0.1, -0.05) is 12.1 Å². The van der Waals surface area contributed by atoms with Crippen molar-refractivity contribution in [3.8, 4) is 10.7 Å². The molecular formula is C17H15N3O3S2. The number of aromatic nitrogens is 2. The topological polar surface area (TPSA) is 81.2 Å². The number of thiophene rings is 1. The zero-order chi connectivity index (χ0) is 17.6. The van der Waals surface area contributed by atoms with Gasteiger partial charge in [0.2, 0.25) is 0 Å². The maximum atomic E-state index is 12.2. The number of nitrogens with one attached hydrogen (secondary N) is 1. The molecule has 3 aromatic heterocycles. The summed E-state index contributed by atoms with van der Waals surface area (Å²) < 4.78 is 5.09. The van der Waals surface area contributed by atoms with Crippen LogP contribution >= 0.6 is 22.7 Å². The van der Waals surface area contributed by atoms with Crippen LogP contribution in [0.2, 0.25) is 0 Å². The number of esters is 1. The maximum absolute atomic E-state index is 12.2. The van der Waals surface area contributed by atoms with E-state index in [4.69, 9.17) is 4.74 Å². The number of ether oxygens (including phenoxy) is 1. The molecule has 1 amide bonds. The van der Waals surface area contributed by atoms with Crippen molar-refractivity contribution in [3.63, 3.8) is 0 Å². The van der Waals surface area contributed by atoms with Gasteiger partial charge in [0.05, 0.1) is 17.9 Å². The van der Waals surface area contributed by atoms with E-state index in [1.54, 1.807) is 24.5 Å². The predicted molar refractivity (Wildman–Crippen MR) is 96.5 cm³/mol. The minimum absolute atomic E-state index is 0.319. The van der Waals surface area contributed by atoms with E-state index in [9.17, 15) is 9.59 Å². The second-order valence-corrected chi connectivity index (χ2v) is 7.11. The van der Waals surface area contributed by atoms with Crippen LogP contribution in [0.15, 0.2) is 41.9 Å². The molecule has 128 valence electrons. The van der Waals surface area contributed by atoms with Crippen LogP contribution in [0.1, 0.15) is 20.2 Å². The molecule has 0 saturated heterocycles. The average molecular weight is 373 g/mol. The minimum Gasteiger partial charge on any atom is -0.451 e. The summed E-state index contributed by atoms with van der Waals surface area (Å²) in [6.07, 6.45) is 1.67. The summed E-state index contributed by atoms with van der Waals surface area (Å²) in [4.78, 5) is 34.0. The first kappa shape index (κ1) is 17.2. The average Bonchev–Trinajstić information content (AvgIpc) is 3.28. The van der Waals surface area contributed by atoms with Gasteiger partial charge in [-0.3, -0.25) is 9.78 Å². The van der Waals surface area contributed by atoms with Crippen LogP contribution in [-0.2, 0) is 16.1 Å². The molecule has 1 N–H and O–H groups in total. The third kappa shape index (κ3) is 4.49. The highest BCUT2D eigenvalue weighted by Crippen LogP contribution is 2.26. The normalized spacial score (nSPS) is 10.4. The zero-order valence-corrected chi connectivity index (χ0v) is 15.0. The SMILES string of the molecule is Cc1nc(-c2ccccn2)sc1C(=O)OCC(=O)NCc1cccs1. The Morgan fingerprint density at radius 1 is 1.24 bits per heavy atom. The van der Waals surface area contributed by atoms with E-state index in [0.717, 1.165) is 4.88 Å². The summed E-state index contributed by atoms with van der Waals surface area (Å²) in [5.41, 5.74) is 1.26.